The Bertz CT molecular complexity index is 854. The van der Waals surface area contributed by atoms with Crippen molar-refractivity contribution in [3.05, 3.63) is 63.2 Å². The number of carbonyl (C=O) groups is 2. The highest BCUT2D eigenvalue weighted by Crippen LogP contribution is 2.42. The number of rotatable bonds is 4. The topological polar surface area (TPSA) is 57.6 Å². The molecule has 0 radical (unpaired) electrons. The van der Waals surface area contributed by atoms with Crippen LogP contribution in [0.25, 0.3) is 0 Å². The van der Waals surface area contributed by atoms with Gasteiger partial charge in [-0.1, -0.05) is 36.3 Å². The van der Waals surface area contributed by atoms with Gasteiger partial charge in [-0.25, -0.2) is 0 Å². The zero-order valence-corrected chi connectivity index (χ0v) is 14.9. The molecule has 1 aliphatic heterocycles. The van der Waals surface area contributed by atoms with Crippen LogP contribution in [0.4, 0.5) is 5.69 Å². The van der Waals surface area contributed by atoms with Crippen LogP contribution in [0.3, 0.4) is 0 Å². The van der Waals surface area contributed by atoms with Crippen LogP contribution >= 0.6 is 22.6 Å². The molecule has 1 atom stereocenters. The second-order valence-corrected chi connectivity index (χ2v) is 6.83. The highest BCUT2D eigenvalue weighted by Gasteiger charge is 2.50. The largest absolute Gasteiger partial charge is 0.375 e. The summed E-state index contributed by atoms with van der Waals surface area (Å²) in [6, 6.07) is 13.9. The molecule has 1 amide bonds. The fourth-order valence-corrected chi connectivity index (χ4v) is 3.26. The number of carbonyl (C=O) groups excluding carboxylic acids is 2. The molecule has 3 rings (SSSR count). The molecule has 24 heavy (non-hydrogen) atoms. The molecule has 120 valence electrons. The second kappa shape index (κ2) is 6.38. The van der Waals surface area contributed by atoms with E-state index in [1.807, 2.05) is 12.1 Å². The van der Waals surface area contributed by atoms with E-state index in [-0.39, 0.29) is 18.7 Å². The van der Waals surface area contributed by atoms with Gasteiger partial charge in [0, 0.05) is 14.7 Å². The van der Waals surface area contributed by atoms with Gasteiger partial charge in [-0.3, -0.25) is 14.5 Å². The number of para-hydroxylation sites is 1. The SMILES string of the molecule is C#CCN1C(=O)[C@@](O)(CC(=O)c2ccc(I)cc2)c2ccccc21. The maximum Gasteiger partial charge on any atom is 0.265 e. The van der Waals surface area contributed by atoms with Crippen LogP contribution in [0.5, 0.6) is 0 Å². The number of amides is 1. The first-order valence-corrected chi connectivity index (χ1v) is 8.41. The van der Waals surface area contributed by atoms with Crippen molar-refractivity contribution in [3.8, 4) is 12.3 Å². The van der Waals surface area contributed by atoms with Crippen LogP contribution in [0.15, 0.2) is 48.5 Å². The van der Waals surface area contributed by atoms with E-state index in [4.69, 9.17) is 6.42 Å². The van der Waals surface area contributed by atoms with E-state index in [9.17, 15) is 14.7 Å². The number of anilines is 1. The minimum Gasteiger partial charge on any atom is -0.375 e. The van der Waals surface area contributed by atoms with Crippen molar-refractivity contribution in [2.45, 2.75) is 12.0 Å². The monoisotopic (exact) mass is 431 g/mol. The number of ketones is 1. The van der Waals surface area contributed by atoms with Crippen molar-refractivity contribution in [2.24, 2.45) is 0 Å². The predicted molar refractivity (Wildman–Crippen MR) is 99.6 cm³/mol. The molecule has 0 aliphatic carbocycles. The molecular formula is C19H14INO3. The van der Waals surface area contributed by atoms with Crippen molar-refractivity contribution in [3.63, 3.8) is 0 Å². The standard InChI is InChI=1S/C19H14INO3/c1-2-11-21-16-6-4-3-5-15(16)19(24,18(21)23)12-17(22)13-7-9-14(20)10-8-13/h1,3-10,24H,11-12H2/t19-/m1/s1. The maximum absolute atomic E-state index is 12.7. The lowest BCUT2D eigenvalue weighted by Gasteiger charge is -2.21. The lowest BCUT2D eigenvalue weighted by atomic mass is 9.88. The molecule has 0 aromatic heterocycles. The molecule has 1 N–H and O–H groups in total. The van der Waals surface area contributed by atoms with E-state index in [0.29, 0.717) is 16.8 Å². The van der Waals surface area contributed by atoms with Crippen molar-refractivity contribution in [2.75, 3.05) is 11.4 Å². The van der Waals surface area contributed by atoms with Crippen LogP contribution in [0.1, 0.15) is 22.3 Å². The first-order valence-electron chi connectivity index (χ1n) is 7.33. The fraction of sp³-hybridized carbons (Fsp3) is 0.158. The van der Waals surface area contributed by atoms with Crippen LogP contribution in [0.2, 0.25) is 0 Å². The van der Waals surface area contributed by atoms with Gasteiger partial charge in [0.15, 0.2) is 11.4 Å². The molecule has 0 saturated heterocycles. The number of Topliss-reactive ketones (excluding diaryl/α,β-unsaturated/α-hetero) is 1. The van der Waals surface area contributed by atoms with Gasteiger partial charge in [0.1, 0.15) is 0 Å². The number of fused-ring (bicyclic) bond motifs is 1. The van der Waals surface area contributed by atoms with Crippen LogP contribution < -0.4 is 4.90 Å². The van der Waals surface area contributed by atoms with Gasteiger partial charge in [0.25, 0.3) is 5.91 Å². The Labute approximate surface area is 153 Å². The van der Waals surface area contributed by atoms with E-state index in [2.05, 4.69) is 28.5 Å². The number of benzene rings is 2. The lowest BCUT2D eigenvalue weighted by Crippen LogP contribution is -2.42. The molecule has 0 bridgehead atoms. The van der Waals surface area contributed by atoms with Crippen LogP contribution in [-0.2, 0) is 10.4 Å². The summed E-state index contributed by atoms with van der Waals surface area (Å²) in [6.45, 7) is 0.0515. The number of aliphatic hydroxyl groups is 1. The molecule has 0 spiro atoms. The Morgan fingerprint density at radius 2 is 1.88 bits per heavy atom. The lowest BCUT2D eigenvalue weighted by molar-refractivity contribution is -0.135. The molecule has 0 fully saturated rings. The summed E-state index contributed by atoms with van der Waals surface area (Å²) >= 11 is 2.15. The smallest absolute Gasteiger partial charge is 0.265 e. The molecule has 0 unspecified atom stereocenters. The van der Waals surface area contributed by atoms with E-state index < -0.39 is 11.5 Å². The molecule has 2 aromatic rings. The van der Waals surface area contributed by atoms with Gasteiger partial charge in [0.05, 0.1) is 18.7 Å². The number of nitrogens with zero attached hydrogens (tertiary/aromatic N) is 1. The first kappa shape index (κ1) is 16.7. The van der Waals surface area contributed by atoms with Gasteiger partial charge < -0.3 is 5.11 Å². The van der Waals surface area contributed by atoms with Gasteiger partial charge in [-0.05, 0) is 40.8 Å². The first-order chi connectivity index (χ1) is 11.5. The van der Waals surface area contributed by atoms with Crippen molar-refractivity contribution >= 4 is 40.0 Å². The third-order valence-electron chi connectivity index (χ3n) is 4.07. The van der Waals surface area contributed by atoms with E-state index in [1.54, 1.807) is 36.4 Å². The summed E-state index contributed by atoms with van der Waals surface area (Å²) in [5.74, 6) is 1.57. The molecule has 4 nitrogen and oxygen atoms in total. The normalized spacial score (nSPS) is 19.0. The maximum atomic E-state index is 12.7. The molecular weight excluding hydrogens is 417 g/mol. The van der Waals surface area contributed by atoms with Crippen LogP contribution in [-0.4, -0.2) is 23.3 Å². The second-order valence-electron chi connectivity index (χ2n) is 5.58. The fourth-order valence-electron chi connectivity index (χ4n) is 2.90. The third kappa shape index (κ3) is 2.72. The minimum atomic E-state index is -1.88. The van der Waals surface area contributed by atoms with Crippen molar-refractivity contribution < 1.29 is 14.7 Å². The summed E-state index contributed by atoms with van der Waals surface area (Å²) in [7, 11) is 0. The molecule has 1 heterocycles. The Balaban J connectivity index is 1.97. The van der Waals surface area contributed by atoms with Gasteiger partial charge in [-0.2, -0.15) is 0 Å². The zero-order valence-electron chi connectivity index (χ0n) is 12.7. The third-order valence-corrected chi connectivity index (χ3v) is 4.79. The Kier molecular flexibility index (Phi) is 4.43. The van der Waals surface area contributed by atoms with Gasteiger partial charge in [0.2, 0.25) is 0 Å². The highest BCUT2D eigenvalue weighted by atomic mass is 127. The summed E-state index contributed by atoms with van der Waals surface area (Å²) in [4.78, 5) is 26.6. The van der Waals surface area contributed by atoms with Crippen LogP contribution in [0, 0.1) is 15.9 Å². The molecule has 1 aliphatic rings. The van der Waals surface area contributed by atoms with Gasteiger partial charge in [-0.15, -0.1) is 6.42 Å². The Morgan fingerprint density at radius 1 is 1.21 bits per heavy atom. The number of hydrogen-bond acceptors (Lipinski definition) is 3. The minimum absolute atomic E-state index is 0.0515. The number of hydrogen-bond donors (Lipinski definition) is 1. The molecule has 5 heteroatoms. The quantitative estimate of drug-likeness (QED) is 0.460. The number of terminal acetylenes is 1. The molecule has 0 saturated carbocycles. The average Bonchev–Trinajstić information content (AvgIpc) is 2.78. The zero-order chi connectivity index (χ0) is 17.3. The summed E-state index contributed by atoms with van der Waals surface area (Å²) < 4.78 is 1.00. The molecule has 2 aromatic carbocycles. The van der Waals surface area contributed by atoms with E-state index in [0.717, 1.165) is 3.57 Å². The van der Waals surface area contributed by atoms with Crippen molar-refractivity contribution in [1.82, 2.24) is 0 Å². The van der Waals surface area contributed by atoms with E-state index in [1.165, 1.54) is 4.90 Å². The Morgan fingerprint density at radius 3 is 2.54 bits per heavy atom. The average molecular weight is 431 g/mol. The summed E-state index contributed by atoms with van der Waals surface area (Å²) in [6.07, 6.45) is 5.01. The summed E-state index contributed by atoms with van der Waals surface area (Å²) in [5, 5.41) is 11.0. The predicted octanol–water partition coefficient (Wildman–Crippen LogP) is 2.73. The van der Waals surface area contributed by atoms with Crippen molar-refractivity contribution in [1.29, 1.82) is 0 Å². The van der Waals surface area contributed by atoms with Gasteiger partial charge >= 0.3 is 0 Å². The van der Waals surface area contributed by atoms with E-state index >= 15 is 0 Å². The number of halogens is 1. The highest BCUT2D eigenvalue weighted by molar-refractivity contribution is 14.1. The Hall–Kier alpha value is -2.17. The summed E-state index contributed by atoms with van der Waals surface area (Å²) in [5.41, 5.74) is -0.444.